The van der Waals surface area contributed by atoms with Crippen molar-refractivity contribution in [2.45, 2.75) is 13.3 Å². The number of halogens is 1. The lowest BCUT2D eigenvalue weighted by Gasteiger charge is -2.04. The van der Waals surface area contributed by atoms with Crippen molar-refractivity contribution in [3.05, 3.63) is 12.2 Å². The Morgan fingerprint density at radius 1 is 1.35 bits per heavy atom. The molecule has 0 aliphatic carbocycles. The number of carbonyl (C=O) groups is 1. The number of nitrogens with one attached hydrogen (secondary N) is 1. The lowest BCUT2D eigenvalue weighted by atomic mass is 10.4. The second-order valence-corrected chi connectivity index (χ2v) is 6.29. The van der Waals surface area contributed by atoms with Crippen molar-refractivity contribution in [3.8, 4) is 0 Å². The molecule has 0 saturated carbocycles. The van der Waals surface area contributed by atoms with Crippen LogP contribution in [0, 0.1) is 0 Å². The van der Waals surface area contributed by atoms with E-state index in [4.69, 9.17) is 0 Å². The highest BCUT2D eigenvalue weighted by Crippen LogP contribution is 1.97. The van der Waals surface area contributed by atoms with Gasteiger partial charge in [-0.05, 0) is 13.3 Å². The number of ether oxygens (including phenoxy) is 1. The smallest absolute Gasteiger partial charge is 0.385 e. The minimum Gasteiger partial charge on any atom is -0.462 e. The van der Waals surface area contributed by atoms with Crippen molar-refractivity contribution < 1.29 is 30.3 Å². The van der Waals surface area contributed by atoms with Gasteiger partial charge >= 0.3 is 16.4 Å². The molecule has 7 nitrogen and oxygen atoms in total. The summed E-state index contributed by atoms with van der Waals surface area (Å²) in [5.41, 5.74) is 0.150. The van der Waals surface area contributed by atoms with Crippen LogP contribution in [0.4, 0.5) is 3.89 Å². The van der Waals surface area contributed by atoms with E-state index in [0.29, 0.717) is 0 Å². The van der Waals surface area contributed by atoms with Crippen LogP contribution in [-0.2, 0) is 30.0 Å². The van der Waals surface area contributed by atoms with Crippen LogP contribution in [0.1, 0.15) is 13.3 Å². The van der Waals surface area contributed by atoms with Gasteiger partial charge in [-0.25, -0.2) is 13.2 Å². The van der Waals surface area contributed by atoms with Crippen molar-refractivity contribution in [1.29, 1.82) is 0 Å². The summed E-state index contributed by atoms with van der Waals surface area (Å²) in [5, 5.41) is 0. The highest BCUT2D eigenvalue weighted by Gasteiger charge is 2.19. The second-order valence-electron chi connectivity index (χ2n) is 3.11. The predicted octanol–water partition coefficient (Wildman–Crippen LogP) is -0.370. The van der Waals surface area contributed by atoms with Gasteiger partial charge in [0.05, 0.1) is 12.4 Å². The molecule has 100 valence electrons. The van der Waals surface area contributed by atoms with Gasteiger partial charge in [0.1, 0.15) is 0 Å². The number of rotatable bonds is 7. The summed E-state index contributed by atoms with van der Waals surface area (Å²) >= 11 is 0. The van der Waals surface area contributed by atoms with Gasteiger partial charge < -0.3 is 4.74 Å². The fourth-order valence-electron chi connectivity index (χ4n) is 0.730. The van der Waals surface area contributed by atoms with E-state index in [-0.39, 0.29) is 18.6 Å². The molecule has 1 N–H and O–H groups in total. The van der Waals surface area contributed by atoms with Gasteiger partial charge in [0.15, 0.2) is 0 Å². The molecule has 0 radical (unpaired) electrons. The fraction of sp³-hybridized carbons (Fsp3) is 0.571. The number of sulfonamides is 1. The molecule has 17 heavy (non-hydrogen) atoms. The monoisotopic (exact) mass is 289 g/mol. The zero-order valence-electron chi connectivity index (χ0n) is 8.97. The van der Waals surface area contributed by atoms with Gasteiger partial charge in [0.2, 0.25) is 10.0 Å². The molecule has 0 aliphatic rings. The summed E-state index contributed by atoms with van der Waals surface area (Å²) in [6.45, 7) is 4.47. The number of carbonyl (C=O) groups excluding carboxylic acids is 1. The Bertz CT molecular complexity index is 494. The fourth-order valence-corrected chi connectivity index (χ4v) is 2.77. The zero-order chi connectivity index (χ0) is 13.7. The molecule has 0 spiro atoms. The quantitative estimate of drug-likeness (QED) is 0.296. The largest absolute Gasteiger partial charge is 0.462 e. The normalized spacial score (nSPS) is 12.1. The Kier molecular flexibility index (Phi) is 5.72. The summed E-state index contributed by atoms with van der Waals surface area (Å²) < 4.78 is 59.3. The maximum absolute atomic E-state index is 12.0. The molecule has 0 saturated heterocycles. The van der Waals surface area contributed by atoms with E-state index < -0.39 is 32.2 Å². The van der Waals surface area contributed by atoms with E-state index in [9.17, 15) is 25.5 Å². The average Bonchev–Trinajstić information content (AvgIpc) is 2.07. The Balaban J connectivity index is 4.06. The van der Waals surface area contributed by atoms with Crippen molar-refractivity contribution >= 4 is 26.4 Å². The van der Waals surface area contributed by atoms with Crippen LogP contribution in [0.25, 0.3) is 0 Å². The minimum absolute atomic E-state index is 0.150. The molecule has 0 bridgehead atoms. The van der Waals surface area contributed by atoms with Gasteiger partial charge in [-0.1, -0.05) is 14.6 Å². The van der Waals surface area contributed by atoms with Crippen LogP contribution in [-0.4, -0.2) is 35.2 Å². The summed E-state index contributed by atoms with van der Waals surface area (Å²) in [6.07, 6.45) is -0.163. The average molecular weight is 289 g/mol. The SMILES string of the molecule is C=C(C)C(=O)OCCCS(=O)(=O)NS(=O)(=O)F. The molecule has 0 atom stereocenters. The number of hydrogen-bond donors (Lipinski definition) is 1. The summed E-state index contributed by atoms with van der Waals surface area (Å²) in [6, 6.07) is 0. The molecule has 10 heteroatoms. The van der Waals surface area contributed by atoms with E-state index in [2.05, 4.69) is 11.3 Å². The van der Waals surface area contributed by atoms with Gasteiger partial charge in [0, 0.05) is 5.57 Å². The lowest BCUT2D eigenvalue weighted by Crippen LogP contribution is -2.30. The van der Waals surface area contributed by atoms with Crippen LogP contribution in [0.15, 0.2) is 12.2 Å². The molecule has 0 fully saturated rings. The van der Waals surface area contributed by atoms with Gasteiger partial charge in [-0.2, -0.15) is 8.42 Å². The topological polar surface area (TPSA) is 107 Å². The number of hydrogen-bond acceptors (Lipinski definition) is 6. The second kappa shape index (κ2) is 6.07. The van der Waals surface area contributed by atoms with Crippen molar-refractivity contribution in [2.24, 2.45) is 0 Å². The number of esters is 1. The van der Waals surface area contributed by atoms with E-state index in [1.54, 1.807) is 0 Å². The Morgan fingerprint density at radius 3 is 2.29 bits per heavy atom. The van der Waals surface area contributed by atoms with Gasteiger partial charge in [-0.15, -0.1) is 0 Å². The molecule has 0 heterocycles. The van der Waals surface area contributed by atoms with Gasteiger partial charge in [-0.3, -0.25) is 0 Å². The van der Waals surface area contributed by atoms with E-state index >= 15 is 0 Å². The first kappa shape index (κ1) is 16.0. The molecule has 0 aliphatic heterocycles. The van der Waals surface area contributed by atoms with E-state index in [1.807, 2.05) is 0 Å². The highest BCUT2D eigenvalue weighted by atomic mass is 32.3. The molecule has 0 aromatic rings. The van der Waals surface area contributed by atoms with Gasteiger partial charge in [0.25, 0.3) is 0 Å². The molecule has 0 amide bonds. The zero-order valence-corrected chi connectivity index (χ0v) is 10.6. The molecule has 0 rings (SSSR count). The van der Waals surface area contributed by atoms with Crippen LogP contribution in [0.3, 0.4) is 0 Å². The third-order valence-electron chi connectivity index (χ3n) is 1.37. The first-order valence-electron chi connectivity index (χ1n) is 4.32. The predicted molar refractivity (Wildman–Crippen MR) is 57.3 cm³/mol. The molecular weight excluding hydrogens is 277 g/mol. The summed E-state index contributed by atoms with van der Waals surface area (Å²) in [5.74, 6) is -1.37. The lowest BCUT2D eigenvalue weighted by molar-refractivity contribution is -0.138. The Morgan fingerprint density at radius 2 is 1.88 bits per heavy atom. The minimum atomic E-state index is -5.31. The standard InChI is InChI=1S/C7H12FNO6S2/c1-6(2)7(10)15-4-3-5-16(11,12)9-17(8,13)14/h9H,1,3-5H2,2H3. The molecule has 0 aromatic heterocycles. The van der Waals surface area contributed by atoms with Crippen LogP contribution >= 0.6 is 0 Å². The van der Waals surface area contributed by atoms with Crippen molar-refractivity contribution in [1.82, 2.24) is 4.13 Å². The molecule has 0 aromatic carbocycles. The maximum Gasteiger partial charge on any atom is 0.385 e. The van der Waals surface area contributed by atoms with Crippen molar-refractivity contribution in [3.63, 3.8) is 0 Å². The Labute approximate surface area is 99.0 Å². The first-order chi connectivity index (χ1) is 7.53. The highest BCUT2D eigenvalue weighted by molar-refractivity contribution is 8.02. The summed E-state index contributed by atoms with van der Waals surface area (Å²) in [4.78, 5) is 10.9. The molecular formula is C7H12FNO6S2. The van der Waals surface area contributed by atoms with Crippen LogP contribution in [0.2, 0.25) is 0 Å². The molecule has 0 unspecified atom stereocenters. The van der Waals surface area contributed by atoms with Crippen molar-refractivity contribution in [2.75, 3.05) is 12.4 Å². The third kappa shape index (κ3) is 8.77. The third-order valence-corrected chi connectivity index (χ3v) is 4.00. The summed E-state index contributed by atoms with van der Waals surface area (Å²) in [7, 11) is -9.59. The first-order valence-corrected chi connectivity index (χ1v) is 7.35. The van der Waals surface area contributed by atoms with E-state index in [0.717, 1.165) is 4.13 Å². The van der Waals surface area contributed by atoms with Crippen LogP contribution in [0.5, 0.6) is 0 Å². The maximum atomic E-state index is 12.0. The Hall–Kier alpha value is -1.00. The van der Waals surface area contributed by atoms with Crippen LogP contribution < -0.4 is 4.13 Å². The van der Waals surface area contributed by atoms with E-state index in [1.165, 1.54) is 6.92 Å².